The van der Waals surface area contributed by atoms with Gasteiger partial charge in [-0.05, 0) is 37.1 Å². The number of carbonyl (C=O) groups is 1. The van der Waals surface area contributed by atoms with Crippen molar-refractivity contribution in [2.24, 2.45) is 5.92 Å². The minimum atomic E-state index is -0.261. The molecule has 0 unspecified atom stereocenters. The molecule has 1 heterocycles. The van der Waals surface area contributed by atoms with Crippen molar-refractivity contribution in [3.05, 3.63) is 40.7 Å². The number of hydrogen-bond acceptors (Lipinski definition) is 3. The van der Waals surface area contributed by atoms with Gasteiger partial charge in [-0.1, -0.05) is 25.4 Å². The number of carbonyl (C=O) groups excluding carboxylic acids is 1. The molecule has 2 aromatic rings. The quantitative estimate of drug-likeness (QED) is 0.912. The molecule has 22 heavy (non-hydrogen) atoms. The predicted molar refractivity (Wildman–Crippen MR) is 87.8 cm³/mol. The van der Waals surface area contributed by atoms with E-state index in [1.54, 1.807) is 43.0 Å². The van der Waals surface area contributed by atoms with Crippen LogP contribution in [0.5, 0.6) is 5.75 Å². The van der Waals surface area contributed by atoms with Crippen molar-refractivity contribution < 1.29 is 9.53 Å². The van der Waals surface area contributed by atoms with Gasteiger partial charge in [0.25, 0.3) is 5.91 Å². The summed E-state index contributed by atoms with van der Waals surface area (Å²) in [4.78, 5) is 12.4. The van der Waals surface area contributed by atoms with Gasteiger partial charge in [-0.15, -0.1) is 0 Å². The van der Waals surface area contributed by atoms with E-state index in [1.807, 2.05) is 0 Å². The minimum absolute atomic E-state index is 0.261. The first-order chi connectivity index (χ1) is 10.4. The number of nitrogens with zero attached hydrogens (tertiary/aromatic N) is 2. The number of anilines is 1. The molecule has 1 N–H and O–H groups in total. The monoisotopic (exact) mass is 321 g/mol. The molecular weight excluding hydrogens is 302 g/mol. The molecular formula is C16H20ClN3O2. The number of ether oxygens (including phenoxy) is 1. The maximum Gasteiger partial charge on any atom is 0.260 e. The molecule has 1 aromatic carbocycles. The number of hydrogen-bond donors (Lipinski definition) is 1. The first kappa shape index (κ1) is 16.4. The Morgan fingerprint density at radius 1 is 1.36 bits per heavy atom. The van der Waals surface area contributed by atoms with E-state index in [9.17, 15) is 4.79 Å². The molecule has 0 bridgehead atoms. The fourth-order valence-electron chi connectivity index (χ4n) is 2.15. The summed E-state index contributed by atoms with van der Waals surface area (Å²) in [5.74, 6) is 0.869. The number of rotatable bonds is 5. The second kappa shape index (κ2) is 6.83. The van der Waals surface area contributed by atoms with Crippen molar-refractivity contribution in [1.29, 1.82) is 0 Å². The second-order valence-corrected chi connectivity index (χ2v) is 5.87. The van der Waals surface area contributed by atoms with E-state index in [1.165, 1.54) is 0 Å². The number of methoxy groups -OCH3 is 1. The lowest BCUT2D eigenvalue weighted by atomic mass is 10.2. The molecule has 5 nitrogen and oxygen atoms in total. The van der Waals surface area contributed by atoms with Crippen LogP contribution in [-0.2, 0) is 6.54 Å². The maximum atomic E-state index is 12.4. The van der Waals surface area contributed by atoms with Gasteiger partial charge < -0.3 is 10.1 Å². The summed E-state index contributed by atoms with van der Waals surface area (Å²) in [5.41, 5.74) is 1.72. The summed E-state index contributed by atoms with van der Waals surface area (Å²) in [5, 5.41) is 7.54. The number of halogens is 1. The van der Waals surface area contributed by atoms with Crippen molar-refractivity contribution in [2.45, 2.75) is 27.3 Å². The van der Waals surface area contributed by atoms with E-state index in [2.05, 4.69) is 24.3 Å². The molecule has 0 saturated heterocycles. The van der Waals surface area contributed by atoms with Crippen LogP contribution in [0.15, 0.2) is 24.3 Å². The van der Waals surface area contributed by atoms with Gasteiger partial charge in [0, 0.05) is 12.2 Å². The first-order valence-corrected chi connectivity index (χ1v) is 7.48. The Bertz CT molecular complexity index is 663. The molecule has 0 radical (unpaired) electrons. The Kier molecular flexibility index (Phi) is 5.08. The molecule has 6 heteroatoms. The Hall–Kier alpha value is -2.01. The molecule has 118 valence electrons. The van der Waals surface area contributed by atoms with Crippen molar-refractivity contribution in [3.8, 4) is 5.75 Å². The van der Waals surface area contributed by atoms with Crippen molar-refractivity contribution >= 4 is 23.2 Å². The highest BCUT2D eigenvalue weighted by atomic mass is 35.5. The summed E-state index contributed by atoms with van der Waals surface area (Å²) in [6.45, 7) is 6.61. The summed E-state index contributed by atoms with van der Waals surface area (Å²) >= 11 is 6.30. The van der Waals surface area contributed by atoms with E-state index in [4.69, 9.17) is 16.3 Å². The number of nitrogens with one attached hydrogen (secondary N) is 1. The second-order valence-electron chi connectivity index (χ2n) is 5.51. The van der Waals surface area contributed by atoms with Gasteiger partial charge in [0.15, 0.2) is 0 Å². The highest BCUT2D eigenvalue weighted by Crippen LogP contribution is 2.23. The Balaban J connectivity index is 2.20. The molecule has 1 amide bonds. The van der Waals surface area contributed by atoms with E-state index >= 15 is 0 Å². The van der Waals surface area contributed by atoms with Gasteiger partial charge in [-0.2, -0.15) is 5.10 Å². The Labute approximate surface area is 135 Å². The lowest BCUT2D eigenvalue weighted by Crippen LogP contribution is -2.13. The molecule has 2 rings (SSSR count). The van der Waals surface area contributed by atoms with Crippen LogP contribution in [0.1, 0.15) is 29.9 Å². The number of aryl methyl sites for hydroxylation is 1. The van der Waals surface area contributed by atoms with Crippen molar-refractivity contribution in [3.63, 3.8) is 0 Å². The zero-order chi connectivity index (χ0) is 16.3. The normalized spacial score (nSPS) is 10.8. The molecule has 0 fully saturated rings. The summed E-state index contributed by atoms with van der Waals surface area (Å²) in [7, 11) is 1.60. The molecule has 0 spiro atoms. The lowest BCUT2D eigenvalue weighted by molar-refractivity contribution is 0.102. The average molecular weight is 322 g/mol. The van der Waals surface area contributed by atoms with Crippen LogP contribution < -0.4 is 10.1 Å². The standard InChI is InChI=1S/C16H20ClN3O2/c1-10(2)9-20-15(17)14(11(3)19-20)16(21)18-12-5-7-13(22-4)8-6-12/h5-8,10H,9H2,1-4H3,(H,18,21). The van der Waals surface area contributed by atoms with Crippen LogP contribution >= 0.6 is 11.6 Å². The topological polar surface area (TPSA) is 56.1 Å². The SMILES string of the molecule is COc1ccc(NC(=O)c2c(C)nn(CC(C)C)c2Cl)cc1. The van der Waals surface area contributed by atoms with Crippen LogP contribution in [0.2, 0.25) is 5.15 Å². The smallest absolute Gasteiger partial charge is 0.260 e. The van der Waals surface area contributed by atoms with E-state index in [0.29, 0.717) is 34.6 Å². The molecule has 0 atom stereocenters. The first-order valence-electron chi connectivity index (χ1n) is 7.10. The van der Waals surface area contributed by atoms with Crippen molar-refractivity contribution in [2.75, 3.05) is 12.4 Å². The summed E-state index contributed by atoms with van der Waals surface area (Å²) in [6, 6.07) is 7.12. The van der Waals surface area contributed by atoms with Gasteiger partial charge in [-0.25, -0.2) is 0 Å². The van der Waals surface area contributed by atoms with Gasteiger partial charge >= 0.3 is 0 Å². The van der Waals surface area contributed by atoms with Crippen LogP contribution in [0.4, 0.5) is 5.69 Å². The Morgan fingerprint density at radius 3 is 2.55 bits per heavy atom. The number of benzene rings is 1. The predicted octanol–water partition coefficient (Wildman–Crippen LogP) is 3.76. The fourth-order valence-corrected chi connectivity index (χ4v) is 2.48. The van der Waals surface area contributed by atoms with Crippen molar-refractivity contribution in [1.82, 2.24) is 9.78 Å². The third kappa shape index (κ3) is 3.60. The zero-order valence-corrected chi connectivity index (χ0v) is 13.9. The highest BCUT2D eigenvalue weighted by Gasteiger charge is 2.20. The van der Waals surface area contributed by atoms with Gasteiger partial charge in [0.05, 0.1) is 18.4 Å². The minimum Gasteiger partial charge on any atom is -0.497 e. The van der Waals surface area contributed by atoms with Gasteiger partial charge in [0.2, 0.25) is 0 Å². The maximum absolute atomic E-state index is 12.4. The number of amides is 1. The largest absolute Gasteiger partial charge is 0.497 e. The summed E-state index contributed by atoms with van der Waals surface area (Å²) < 4.78 is 6.76. The van der Waals surface area contributed by atoms with Crippen LogP contribution in [0, 0.1) is 12.8 Å². The van der Waals surface area contributed by atoms with Crippen LogP contribution in [0.3, 0.4) is 0 Å². The summed E-state index contributed by atoms with van der Waals surface area (Å²) in [6.07, 6.45) is 0. The van der Waals surface area contributed by atoms with Crippen LogP contribution in [0.25, 0.3) is 0 Å². The van der Waals surface area contributed by atoms with E-state index in [0.717, 1.165) is 5.75 Å². The van der Waals surface area contributed by atoms with E-state index < -0.39 is 0 Å². The third-order valence-corrected chi connectivity index (χ3v) is 3.56. The lowest BCUT2D eigenvalue weighted by Gasteiger charge is -2.07. The van der Waals surface area contributed by atoms with Gasteiger partial charge in [-0.3, -0.25) is 9.48 Å². The van der Waals surface area contributed by atoms with Gasteiger partial charge in [0.1, 0.15) is 10.9 Å². The fraction of sp³-hybridized carbons (Fsp3) is 0.375. The van der Waals surface area contributed by atoms with Crippen LogP contribution in [-0.4, -0.2) is 22.8 Å². The number of aromatic nitrogens is 2. The van der Waals surface area contributed by atoms with E-state index in [-0.39, 0.29) is 5.91 Å². The Morgan fingerprint density at radius 2 is 2.00 bits per heavy atom. The molecule has 0 aliphatic carbocycles. The molecule has 0 aliphatic heterocycles. The molecule has 0 aliphatic rings. The highest BCUT2D eigenvalue weighted by molar-refractivity contribution is 6.33. The zero-order valence-electron chi connectivity index (χ0n) is 13.2. The molecule has 0 saturated carbocycles. The average Bonchev–Trinajstić information content (AvgIpc) is 2.73. The molecule has 1 aromatic heterocycles. The third-order valence-electron chi connectivity index (χ3n) is 3.18.